The molecule has 0 bridgehead atoms. The van der Waals surface area contributed by atoms with Crippen LogP contribution in [0.4, 0.5) is 0 Å². The van der Waals surface area contributed by atoms with Gasteiger partial charge in [-0.1, -0.05) is 57.5 Å². The van der Waals surface area contributed by atoms with Gasteiger partial charge in [-0.05, 0) is 61.1 Å². The fourth-order valence-electron chi connectivity index (χ4n) is 3.66. The van der Waals surface area contributed by atoms with Crippen molar-refractivity contribution in [2.45, 2.75) is 58.9 Å². The molecule has 1 saturated carbocycles. The quantitative estimate of drug-likeness (QED) is 0.758. The summed E-state index contributed by atoms with van der Waals surface area (Å²) in [4.78, 5) is 0. The molecule has 118 valence electrons. The first-order valence-corrected chi connectivity index (χ1v) is 8.84. The molecule has 0 saturated heterocycles. The molecule has 1 aromatic rings. The molecule has 0 aromatic heterocycles. The Bertz CT molecular complexity index is 441. The Kier molecular flexibility index (Phi) is 6.13. The minimum Gasteiger partial charge on any atom is -0.314 e. The molecule has 3 unspecified atom stereocenters. The van der Waals surface area contributed by atoms with Crippen molar-refractivity contribution < 1.29 is 0 Å². The number of benzene rings is 1. The van der Waals surface area contributed by atoms with Crippen molar-refractivity contribution in [2.24, 2.45) is 17.8 Å². The van der Waals surface area contributed by atoms with Crippen LogP contribution in [-0.2, 0) is 0 Å². The standard InChI is InChI=1S/C19H30ClN/c1-13(2)15-9-10-16(12-21-14(3)4)18(11-15)17-7-5-6-8-19(17)20/h5-8,13-16,18,21H,9-12H2,1-4H3. The van der Waals surface area contributed by atoms with E-state index in [-0.39, 0.29) is 0 Å². The smallest absolute Gasteiger partial charge is 0.0440 e. The maximum atomic E-state index is 6.49. The molecule has 1 nitrogen and oxygen atoms in total. The molecule has 0 aliphatic heterocycles. The normalized spacial score (nSPS) is 26.5. The van der Waals surface area contributed by atoms with Gasteiger partial charge in [0.05, 0.1) is 0 Å². The van der Waals surface area contributed by atoms with E-state index in [1.54, 1.807) is 0 Å². The second kappa shape index (κ2) is 7.65. The van der Waals surface area contributed by atoms with E-state index in [2.05, 4.69) is 45.1 Å². The van der Waals surface area contributed by atoms with Crippen LogP contribution in [0.1, 0.15) is 58.4 Å². The van der Waals surface area contributed by atoms with Crippen LogP contribution in [0.15, 0.2) is 24.3 Å². The molecule has 0 spiro atoms. The zero-order chi connectivity index (χ0) is 15.4. The van der Waals surface area contributed by atoms with Crippen LogP contribution in [0.25, 0.3) is 0 Å². The summed E-state index contributed by atoms with van der Waals surface area (Å²) >= 11 is 6.49. The molecule has 1 N–H and O–H groups in total. The second-order valence-corrected chi connectivity index (χ2v) is 7.68. The van der Waals surface area contributed by atoms with E-state index in [0.29, 0.717) is 17.9 Å². The highest BCUT2D eigenvalue weighted by molar-refractivity contribution is 6.31. The number of halogens is 1. The van der Waals surface area contributed by atoms with Crippen LogP contribution in [0.2, 0.25) is 5.02 Å². The van der Waals surface area contributed by atoms with Crippen LogP contribution in [0.3, 0.4) is 0 Å². The van der Waals surface area contributed by atoms with Gasteiger partial charge in [-0.3, -0.25) is 0 Å². The molecule has 0 radical (unpaired) electrons. The first-order chi connectivity index (χ1) is 9.99. The Morgan fingerprint density at radius 1 is 1.14 bits per heavy atom. The van der Waals surface area contributed by atoms with Gasteiger partial charge < -0.3 is 5.32 Å². The molecule has 1 fully saturated rings. The summed E-state index contributed by atoms with van der Waals surface area (Å²) in [6, 6.07) is 9.00. The van der Waals surface area contributed by atoms with E-state index >= 15 is 0 Å². The Balaban J connectivity index is 2.18. The molecule has 2 rings (SSSR count). The molecule has 21 heavy (non-hydrogen) atoms. The molecule has 1 aliphatic carbocycles. The van der Waals surface area contributed by atoms with Crippen molar-refractivity contribution in [3.05, 3.63) is 34.9 Å². The van der Waals surface area contributed by atoms with Gasteiger partial charge in [-0.25, -0.2) is 0 Å². The van der Waals surface area contributed by atoms with E-state index < -0.39 is 0 Å². The van der Waals surface area contributed by atoms with Crippen molar-refractivity contribution in [3.63, 3.8) is 0 Å². The highest BCUT2D eigenvalue weighted by atomic mass is 35.5. The Labute approximate surface area is 135 Å². The lowest BCUT2D eigenvalue weighted by atomic mass is 9.68. The van der Waals surface area contributed by atoms with Crippen molar-refractivity contribution in [2.75, 3.05) is 6.54 Å². The minimum atomic E-state index is 0.555. The van der Waals surface area contributed by atoms with E-state index in [1.165, 1.54) is 24.8 Å². The maximum Gasteiger partial charge on any atom is 0.0440 e. The molecular formula is C19H30ClN. The van der Waals surface area contributed by atoms with E-state index in [1.807, 2.05) is 12.1 Å². The molecule has 0 amide bonds. The molecule has 1 aliphatic rings. The van der Waals surface area contributed by atoms with Crippen molar-refractivity contribution in [1.82, 2.24) is 5.32 Å². The average molecular weight is 308 g/mol. The molecule has 1 aromatic carbocycles. The van der Waals surface area contributed by atoms with Gasteiger partial charge in [-0.15, -0.1) is 0 Å². The minimum absolute atomic E-state index is 0.555. The first-order valence-electron chi connectivity index (χ1n) is 8.46. The van der Waals surface area contributed by atoms with E-state index in [9.17, 15) is 0 Å². The third-order valence-corrected chi connectivity index (χ3v) is 5.41. The number of nitrogens with one attached hydrogen (secondary N) is 1. The van der Waals surface area contributed by atoms with Crippen LogP contribution in [0, 0.1) is 17.8 Å². The summed E-state index contributed by atoms with van der Waals surface area (Å²) < 4.78 is 0. The fourth-order valence-corrected chi connectivity index (χ4v) is 3.94. The molecular weight excluding hydrogens is 278 g/mol. The van der Waals surface area contributed by atoms with Crippen LogP contribution < -0.4 is 5.32 Å². The predicted molar refractivity (Wildman–Crippen MR) is 93.0 cm³/mol. The van der Waals surface area contributed by atoms with Crippen molar-refractivity contribution in [1.29, 1.82) is 0 Å². The van der Waals surface area contributed by atoms with Gasteiger partial charge in [0.25, 0.3) is 0 Å². The van der Waals surface area contributed by atoms with Gasteiger partial charge in [0.15, 0.2) is 0 Å². The summed E-state index contributed by atoms with van der Waals surface area (Å²) in [5.74, 6) is 2.92. The Hall–Kier alpha value is -0.530. The van der Waals surface area contributed by atoms with Gasteiger partial charge in [-0.2, -0.15) is 0 Å². The number of hydrogen-bond donors (Lipinski definition) is 1. The second-order valence-electron chi connectivity index (χ2n) is 7.27. The van der Waals surface area contributed by atoms with Crippen LogP contribution in [-0.4, -0.2) is 12.6 Å². The van der Waals surface area contributed by atoms with Gasteiger partial charge in [0.1, 0.15) is 0 Å². The van der Waals surface area contributed by atoms with Crippen LogP contribution >= 0.6 is 11.6 Å². The summed E-state index contributed by atoms with van der Waals surface area (Å²) in [6.45, 7) is 10.3. The SMILES string of the molecule is CC(C)NCC1CCC(C(C)C)CC1c1ccccc1Cl. The Morgan fingerprint density at radius 2 is 1.86 bits per heavy atom. The fraction of sp³-hybridized carbons (Fsp3) is 0.684. The predicted octanol–water partition coefficient (Wildman–Crippen LogP) is 5.49. The van der Waals surface area contributed by atoms with Crippen molar-refractivity contribution >= 4 is 11.6 Å². The first kappa shape index (κ1) is 16.8. The van der Waals surface area contributed by atoms with Crippen LogP contribution in [0.5, 0.6) is 0 Å². The maximum absolute atomic E-state index is 6.49. The van der Waals surface area contributed by atoms with E-state index in [4.69, 9.17) is 11.6 Å². The van der Waals surface area contributed by atoms with Crippen molar-refractivity contribution in [3.8, 4) is 0 Å². The third kappa shape index (κ3) is 4.47. The van der Waals surface area contributed by atoms with Gasteiger partial charge in [0.2, 0.25) is 0 Å². The topological polar surface area (TPSA) is 12.0 Å². The van der Waals surface area contributed by atoms with Gasteiger partial charge >= 0.3 is 0 Å². The summed E-state index contributed by atoms with van der Waals surface area (Å²) in [5.41, 5.74) is 1.36. The van der Waals surface area contributed by atoms with E-state index in [0.717, 1.165) is 23.4 Å². The highest BCUT2D eigenvalue weighted by Crippen LogP contribution is 2.44. The summed E-state index contributed by atoms with van der Waals surface area (Å²) in [7, 11) is 0. The number of hydrogen-bond acceptors (Lipinski definition) is 1. The third-order valence-electron chi connectivity index (χ3n) is 5.07. The lowest BCUT2D eigenvalue weighted by Gasteiger charge is -2.39. The molecule has 2 heteroatoms. The lowest BCUT2D eigenvalue weighted by Crippen LogP contribution is -2.36. The monoisotopic (exact) mass is 307 g/mol. The highest BCUT2D eigenvalue weighted by Gasteiger charge is 2.33. The average Bonchev–Trinajstić information content (AvgIpc) is 2.45. The zero-order valence-electron chi connectivity index (χ0n) is 13.9. The lowest BCUT2D eigenvalue weighted by molar-refractivity contribution is 0.188. The molecule has 0 heterocycles. The molecule has 3 atom stereocenters. The Morgan fingerprint density at radius 3 is 2.48 bits per heavy atom. The zero-order valence-corrected chi connectivity index (χ0v) is 14.7. The summed E-state index contributed by atoms with van der Waals surface area (Å²) in [6.07, 6.45) is 3.97. The largest absolute Gasteiger partial charge is 0.314 e. The summed E-state index contributed by atoms with van der Waals surface area (Å²) in [5, 5.41) is 4.58. The van der Waals surface area contributed by atoms with Gasteiger partial charge in [0, 0.05) is 11.1 Å². The number of rotatable bonds is 5.